The van der Waals surface area contributed by atoms with Crippen LogP contribution in [0.2, 0.25) is 0 Å². The lowest BCUT2D eigenvalue weighted by Gasteiger charge is -2.11. The molecule has 1 heterocycles. The minimum atomic E-state index is -4.72. The number of hydrogen-bond donors (Lipinski definition) is 0. The Morgan fingerprint density at radius 2 is 2.07 bits per heavy atom. The molecule has 1 aliphatic rings. The first-order valence-electron chi connectivity index (χ1n) is 3.33. The fraction of sp³-hybridized carbons (Fsp3) is 0.333. The fourth-order valence-electron chi connectivity index (χ4n) is 0.813. The second-order valence-electron chi connectivity index (χ2n) is 2.45. The van der Waals surface area contributed by atoms with Crippen LogP contribution in [0.25, 0.3) is 0 Å². The van der Waals surface area contributed by atoms with Crippen LogP contribution in [-0.4, -0.2) is 29.3 Å². The summed E-state index contributed by atoms with van der Waals surface area (Å²) in [6, 6.07) is -2.03. The van der Waals surface area contributed by atoms with Crippen LogP contribution in [0, 0.1) is 10.1 Å². The molecule has 0 spiro atoms. The third-order valence-electron chi connectivity index (χ3n) is 1.48. The van der Waals surface area contributed by atoms with Gasteiger partial charge in [-0.25, -0.2) is 4.99 Å². The molecule has 5 nitrogen and oxygen atoms in total. The van der Waals surface area contributed by atoms with Gasteiger partial charge in [0.1, 0.15) is 0 Å². The summed E-state index contributed by atoms with van der Waals surface area (Å²) in [5, 5.41) is 10.1. The average Bonchev–Trinajstić information content (AvgIpc) is 2.02. The zero-order valence-electron chi connectivity index (χ0n) is 6.49. The Morgan fingerprint density at radius 1 is 1.50 bits per heavy atom. The summed E-state index contributed by atoms with van der Waals surface area (Å²) < 4.78 is 36.0. The normalized spacial score (nSPS) is 22.1. The summed E-state index contributed by atoms with van der Waals surface area (Å²) in [6.45, 7) is 0. The topological polar surface area (TPSA) is 72.6 Å². The van der Waals surface area contributed by atoms with Crippen molar-refractivity contribution in [2.45, 2.75) is 12.2 Å². The number of halogens is 3. The maximum absolute atomic E-state index is 12.0. The molecule has 76 valence electrons. The molecule has 14 heavy (non-hydrogen) atoms. The van der Waals surface area contributed by atoms with Gasteiger partial charge in [-0.15, -0.1) is 0 Å². The Balaban J connectivity index is 3.03. The molecule has 8 heteroatoms. The fourth-order valence-corrected chi connectivity index (χ4v) is 0.813. The standard InChI is InChI=1S/C6H3F3N2O3/c7-6(8,9)3-1-4(11(13)14)5(12)10-2-3/h1-2,4H. The second-order valence-corrected chi connectivity index (χ2v) is 2.45. The molecule has 0 aliphatic carbocycles. The molecule has 0 bridgehead atoms. The predicted molar refractivity (Wildman–Crippen MR) is 38.4 cm³/mol. The number of hydrogen-bond acceptors (Lipinski definition) is 3. The molecule has 0 aromatic rings. The van der Waals surface area contributed by atoms with Crippen LogP contribution in [0.4, 0.5) is 13.2 Å². The van der Waals surface area contributed by atoms with Gasteiger partial charge in [-0.1, -0.05) is 0 Å². The molecule has 1 aliphatic heterocycles. The van der Waals surface area contributed by atoms with Crippen molar-refractivity contribution in [3.8, 4) is 0 Å². The van der Waals surface area contributed by atoms with Gasteiger partial charge in [0.2, 0.25) is 0 Å². The van der Waals surface area contributed by atoms with Crippen LogP contribution in [-0.2, 0) is 4.79 Å². The van der Waals surface area contributed by atoms with E-state index in [0.29, 0.717) is 0 Å². The molecule has 1 unspecified atom stereocenters. The third-order valence-corrected chi connectivity index (χ3v) is 1.48. The van der Waals surface area contributed by atoms with Crippen LogP contribution >= 0.6 is 0 Å². The van der Waals surface area contributed by atoms with Crippen molar-refractivity contribution in [1.82, 2.24) is 0 Å². The van der Waals surface area contributed by atoms with Crippen LogP contribution in [0.5, 0.6) is 0 Å². The highest BCUT2D eigenvalue weighted by atomic mass is 19.4. The van der Waals surface area contributed by atoms with E-state index >= 15 is 0 Å². The minimum absolute atomic E-state index is 0.245. The molecular formula is C6H3F3N2O3. The monoisotopic (exact) mass is 208 g/mol. The van der Waals surface area contributed by atoms with Crippen molar-refractivity contribution in [2.75, 3.05) is 0 Å². The highest BCUT2D eigenvalue weighted by Gasteiger charge is 2.39. The lowest BCUT2D eigenvalue weighted by atomic mass is 10.1. The van der Waals surface area contributed by atoms with E-state index in [4.69, 9.17) is 0 Å². The van der Waals surface area contributed by atoms with E-state index in [9.17, 15) is 28.1 Å². The molecule has 0 fully saturated rings. The summed E-state index contributed by atoms with van der Waals surface area (Å²) in [7, 11) is 0. The van der Waals surface area contributed by atoms with E-state index in [-0.39, 0.29) is 12.3 Å². The first-order chi connectivity index (χ1) is 6.32. The third kappa shape index (κ3) is 1.95. The summed E-state index contributed by atoms with van der Waals surface area (Å²) in [5.41, 5.74) is -1.28. The van der Waals surface area contributed by atoms with Gasteiger partial charge < -0.3 is 0 Å². The number of aliphatic imine (C=N–C) groups is 1. The number of allylic oxidation sites excluding steroid dienone is 1. The molecule has 0 radical (unpaired) electrons. The van der Waals surface area contributed by atoms with Crippen molar-refractivity contribution in [2.24, 2.45) is 4.99 Å². The Morgan fingerprint density at radius 3 is 2.50 bits per heavy atom. The Bertz CT molecular complexity index is 345. The molecule has 0 aromatic carbocycles. The van der Waals surface area contributed by atoms with Gasteiger partial charge in [-0.3, -0.25) is 14.9 Å². The van der Waals surface area contributed by atoms with E-state index in [0.717, 1.165) is 0 Å². The van der Waals surface area contributed by atoms with Crippen molar-refractivity contribution in [3.05, 3.63) is 21.8 Å². The van der Waals surface area contributed by atoms with Gasteiger partial charge in [0.25, 0.3) is 0 Å². The molecule has 1 atom stereocenters. The van der Waals surface area contributed by atoms with Crippen LogP contribution < -0.4 is 0 Å². The van der Waals surface area contributed by atoms with Crippen molar-refractivity contribution < 1.29 is 22.9 Å². The number of rotatable bonds is 1. The quantitative estimate of drug-likeness (QED) is 0.471. The average molecular weight is 208 g/mol. The zero-order valence-corrected chi connectivity index (χ0v) is 6.49. The summed E-state index contributed by atoms with van der Waals surface area (Å²) >= 11 is 0. The van der Waals surface area contributed by atoms with Crippen molar-refractivity contribution in [3.63, 3.8) is 0 Å². The maximum Gasteiger partial charge on any atom is 0.417 e. The summed E-state index contributed by atoms with van der Waals surface area (Å²) in [6.07, 6.45) is -4.20. The van der Waals surface area contributed by atoms with Gasteiger partial charge in [0.15, 0.2) is 0 Å². The number of amides is 1. The number of carbonyl (C=O) groups excluding carboxylic acids is 1. The SMILES string of the molecule is O=C1N=CC(C(F)(F)F)=CC1[N+](=O)[O-]. The molecule has 1 amide bonds. The zero-order chi connectivity index (χ0) is 10.9. The van der Waals surface area contributed by atoms with Crippen molar-refractivity contribution in [1.29, 1.82) is 0 Å². The smallest absolute Gasteiger partial charge is 0.264 e. The number of alkyl halides is 3. The molecule has 0 N–H and O–H groups in total. The summed E-state index contributed by atoms with van der Waals surface area (Å²) in [5.74, 6) is -1.21. The number of nitro groups is 1. The van der Waals surface area contributed by atoms with Gasteiger partial charge in [0.05, 0.1) is 5.57 Å². The molecule has 0 aromatic heterocycles. The van der Waals surface area contributed by atoms with E-state index in [1.165, 1.54) is 0 Å². The van der Waals surface area contributed by atoms with Crippen LogP contribution in [0.15, 0.2) is 16.6 Å². The van der Waals surface area contributed by atoms with E-state index in [1.807, 2.05) is 0 Å². The lowest BCUT2D eigenvalue weighted by molar-refractivity contribution is -0.495. The highest BCUT2D eigenvalue weighted by Crippen LogP contribution is 2.26. The van der Waals surface area contributed by atoms with Crippen LogP contribution in [0.3, 0.4) is 0 Å². The predicted octanol–water partition coefficient (Wildman–Crippen LogP) is 0.731. The van der Waals surface area contributed by atoms with E-state index in [2.05, 4.69) is 4.99 Å². The number of dihydropyridines is 1. The largest absolute Gasteiger partial charge is 0.417 e. The molecular weight excluding hydrogens is 205 g/mol. The highest BCUT2D eigenvalue weighted by molar-refractivity contribution is 5.98. The van der Waals surface area contributed by atoms with Gasteiger partial charge >= 0.3 is 18.1 Å². The number of nitrogens with zero attached hydrogens (tertiary/aromatic N) is 2. The first kappa shape index (κ1) is 10.4. The Labute approximate surface area is 75.1 Å². The van der Waals surface area contributed by atoms with E-state index < -0.39 is 28.6 Å². The van der Waals surface area contributed by atoms with Crippen molar-refractivity contribution >= 4 is 12.1 Å². The molecule has 0 saturated carbocycles. The molecule has 0 saturated heterocycles. The summed E-state index contributed by atoms with van der Waals surface area (Å²) in [4.78, 5) is 22.5. The first-order valence-corrected chi connectivity index (χ1v) is 3.33. The second kappa shape index (κ2) is 3.20. The van der Waals surface area contributed by atoms with Gasteiger partial charge in [0, 0.05) is 17.2 Å². The minimum Gasteiger partial charge on any atom is -0.264 e. The van der Waals surface area contributed by atoms with Gasteiger partial charge in [-0.2, -0.15) is 13.2 Å². The lowest BCUT2D eigenvalue weighted by Crippen LogP contribution is -2.31. The Kier molecular flexibility index (Phi) is 2.37. The van der Waals surface area contributed by atoms with Crippen LogP contribution in [0.1, 0.15) is 0 Å². The Hall–Kier alpha value is -1.73. The number of carbonyl (C=O) groups is 1. The molecule has 1 rings (SSSR count). The van der Waals surface area contributed by atoms with Gasteiger partial charge in [-0.05, 0) is 0 Å². The van der Waals surface area contributed by atoms with E-state index in [1.54, 1.807) is 0 Å². The maximum atomic E-state index is 12.0.